The van der Waals surface area contributed by atoms with E-state index in [2.05, 4.69) is 10.1 Å². The van der Waals surface area contributed by atoms with Crippen molar-refractivity contribution in [1.82, 2.24) is 15.0 Å². The van der Waals surface area contributed by atoms with Gasteiger partial charge < -0.3 is 13.8 Å². The first kappa shape index (κ1) is 17.0. The van der Waals surface area contributed by atoms with Crippen LogP contribution in [-0.2, 0) is 11.2 Å². The minimum atomic E-state index is 0.156. The lowest BCUT2D eigenvalue weighted by molar-refractivity contribution is -0.132. The fourth-order valence-electron chi connectivity index (χ4n) is 3.35. The van der Waals surface area contributed by atoms with Crippen molar-refractivity contribution >= 4 is 17.2 Å². The molecule has 1 fully saturated rings. The van der Waals surface area contributed by atoms with Crippen LogP contribution in [0.1, 0.15) is 42.7 Å². The number of rotatable bonds is 5. The van der Waals surface area contributed by atoms with E-state index >= 15 is 0 Å². The Kier molecular flexibility index (Phi) is 4.88. The van der Waals surface area contributed by atoms with E-state index in [9.17, 15) is 4.79 Å². The molecule has 0 unspecified atom stereocenters. The van der Waals surface area contributed by atoms with Gasteiger partial charge in [-0.05, 0) is 36.4 Å². The Hall–Kier alpha value is -2.41. The van der Waals surface area contributed by atoms with Crippen LogP contribution in [-0.4, -0.2) is 34.0 Å². The van der Waals surface area contributed by atoms with Crippen LogP contribution >= 0.6 is 11.3 Å². The topological polar surface area (TPSA) is 72.4 Å². The van der Waals surface area contributed by atoms with Crippen LogP contribution in [0.5, 0.6) is 0 Å². The van der Waals surface area contributed by atoms with E-state index in [0.29, 0.717) is 31.1 Å². The molecule has 0 radical (unpaired) electrons. The third kappa shape index (κ3) is 3.72. The van der Waals surface area contributed by atoms with Gasteiger partial charge in [-0.2, -0.15) is 4.98 Å². The highest BCUT2D eigenvalue weighted by Gasteiger charge is 2.27. The van der Waals surface area contributed by atoms with Crippen molar-refractivity contribution in [2.24, 2.45) is 0 Å². The van der Waals surface area contributed by atoms with E-state index in [1.54, 1.807) is 18.3 Å². The van der Waals surface area contributed by atoms with E-state index in [1.165, 1.54) is 0 Å². The van der Waals surface area contributed by atoms with Crippen molar-refractivity contribution in [3.63, 3.8) is 0 Å². The number of aromatic nitrogens is 2. The van der Waals surface area contributed by atoms with E-state index in [4.69, 9.17) is 8.94 Å². The van der Waals surface area contributed by atoms with Crippen molar-refractivity contribution in [1.29, 1.82) is 0 Å². The van der Waals surface area contributed by atoms with E-state index in [1.807, 2.05) is 34.5 Å². The molecule has 1 aliphatic rings. The lowest BCUT2D eigenvalue weighted by atomic mass is 9.97. The summed E-state index contributed by atoms with van der Waals surface area (Å²) in [6, 6.07) is 7.97. The molecule has 1 atom stereocenters. The van der Waals surface area contributed by atoms with Crippen molar-refractivity contribution in [3.8, 4) is 10.6 Å². The zero-order chi connectivity index (χ0) is 17.9. The van der Waals surface area contributed by atoms with Crippen LogP contribution in [0, 0.1) is 6.92 Å². The Balaban J connectivity index is 1.33. The van der Waals surface area contributed by atoms with Gasteiger partial charge in [0.2, 0.25) is 11.8 Å². The molecule has 3 aromatic heterocycles. The third-order valence-corrected chi connectivity index (χ3v) is 5.58. The molecule has 6 nitrogen and oxygen atoms in total. The van der Waals surface area contributed by atoms with Gasteiger partial charge in [-0.25, -0.2) is 0 Å². The van der Waals surface area contributed by atoms with Gasteiger partial charge in [0.1, 0.15) is 11.5 Å². The third-order valence-electron chi connectivity index (χ3n) is 4.69. The fraction of sp³-hybridized carbons (Fsp3) is 0.421. The summed E-state index contributed by atoms with van der Waals surface area (Å²) in [6.07, 6.45) is 3.03. The Morgan fingerprint density at radius 2 is 2.31 bits per heavy atom. The van der Waals surface area contributed by atoms with Gasteiger partial charge in [0.05, 0.1) is 4.88 Å². The minimum Gasteiger partial charge on any atom is -0.460 e. The highest BCUT2D eigenvalue weighted by Crippen LogP contribution is 2.28. The number of amides is 1. The largest absolute Gasteiger partial charge is 0.460 e. The first-order valence-corrected chi connectivity index (χ1v) is 9.77. The second kappa shape index (κ2) is 7.45. The van der Waals surface area contributed by atoms with Crippen molar-refractivity contribution in [2.75, 3.05) is 13.1 Å². The van der Waals surface area contributed by atoms with E-state index < -0.39 is 0 Å². The molecule has 3 aromatic rings. The molecule has 1 saturated heterocycles. The Bertz CT molecular complexity index is 868. The van der Waals surface area contributed by atoms with Gasteiger partial charge in [0.25, 0.3) is 0 Å². The molecular weight excluding hydrogens is 350 g/mol. The number of likely N-dealkylation sites (tertiary alicyclic amines) is 1. The lowest BCUT2D eigenvalue weighted by Gasteiger charge is -2.31. The smallest absolute Gasteiger partial charge is 0.223 e. The summed E-state index contributed by atoms with van der Waals surface area (Å²) < 4.78 is 10.9. The number of thiophene rings is 1. The summed E-state index contributed by atoms with van der Waals surface area (Å²) >= 11 is 1.65. The average molecular weight is 371 g/mol. The molecule has 1 aliphatic heterocycles. The number of aryl methyl sites for hydroxylation is 2. The number of carbonyl (C=O) groups excluding carboxylic acids is 1. The summed E-state index contributed by atoms with van der Waals surface area (Å²) in [5.74, 6) is 3.33. The van der Waals surface area contributed by atoms with Gasteiger partial charge in [-0.1, -0.05) is 11.2 Å². The molecular formula is C19H21N3O3S. The summed E-state index contributed by atoms with van der Waals surface area (Å²) in [6.45, 7) is 3.25. The predicted octanol–water partition coefficient (Wildman–Crippen LogP) is 4.04. The molecule has 136 valence electrons. The lowest BCUT2D eigenvalue weighted by Crippen LogP contribution is -2.39. The first-order chi connectivity index (χ1) is 12.7. The quantitative estimate of drug-likeness (QED) is 0.677. The second-order valence-electron chi connectivity index (χ2n) is 6.59. The zero-order valence-corrected chi connectivity index (χ0v) is 15.5. The van der Waals surface area contributed by atoms with Crippen LogP contribution in [0.15, 0.2) is 38.6 Å². The average Bonchev–Trinajstić information content (AvgIpc) is 3.40. The van der Waals surface area contributed by atoms with Crippen LogP contribution in [0.3, 0.4) is 0 Å². The molecule has 0 N–H and O–H groups in total. The van der Waals surface area contributed by atoms with Gasteiger partial charge in [0.15, 0.2) is 5.82 Å². The minimum absolute atomic E-state index is 0.156. The fourth-order valence-corrected chi connectivity index (χ4v) is 4.03. The summed E-state index contributed by atoms with van der Waals surface area (Å²) in [7, 11) is 0. The van der Waals surface area contributed by atoms with Gasteiger partial charge in [0, 0.05) is 38.8 Å². The molecule has 0 aromatic carbocycles. The van der Waals surface area contributed by atoms with Crippen LogP contribution < -0.4 is 0 Å². The maximum absolute atomic E-state index is 12.6. The molecule has 0 bridgehead atoms. The van der Waals surface area contributed by atoms with Gasteiger partial charge in [-0.15, -0.1) is 11.3 Å². The second-order valence-corrected chi connectivity index (χ2v) is 7.54. The molecule has 26 heavy (non-hydrogen) atoms. The molecule has 4 rings (SSSR count). The monoisotopic (exact) mass is 371 g/mol. The molecule has 4 heterocycles. The van der Waals surface area contributed by atoms with Crippen molar-refractivity contribution in [3.05, 3.63) is 47.1 Å². The maximum atomic E-state index is 12.6. The van der Waals surface area contributed by atoms with Gasteiger partial charge >= 0.3 is 0 Å². The molecule has 1 amide bonds. The Morgan fingerprint density at radius 3 is 3.08 bits per heavy atom. The van der Waals surface area contributed by atoms with Gasteiger partial charge in [-0.3, -0.25) is 4.79 Å². The number of furan rings is 1. The van der Waals surface area contributed by atoms with E-state index in [-0.39, 0.29) is 11.8 Å². The Labute approximate surface area is 155 Å². The van der Waals surface area contributed by atoms with E-state index in [0.717, 1.165) is 35.8 Å². The highest BCUT2D eigenvalue weighted by atomic mass is 32.1. The molecule has 0 aliphatic carbocycles. The summed E-state index contributed by atoms with van der Waals surface area (Å²) in [4.78, 5) is 20.0. The zero-order valence-electron chi connectivity index (χ0n) is 14.7. The predicted molar refractivity (Wildman–Crippen MR) is 97.9 cm³/mol. The number of piperidine rings is 1. The SMILES string of the molecule is Cc1nc([C@@H]2CCCN(C(=O)CCc3ccc(-c4cccs4)o3)C2)no1. The Morgan fingerprint density at radius 1 is 1.38 bits per heavy atom. The van der Waals surface area contributed by atoms with Crippen LogP contribution in [0.2, 0.25) is 0 Å². The first-order valence-electron chi connectivity index (χ1n) is 8.89. The van der Waals surface area contributed by atoms with Crippen LogP contribution in [0.25, 0.3) is 10.6 Å². The molecule has 0 spiro atoms. The summed E-state index contributed by atoms with van der Waals surface area (Å²) in [5.41, 5.74) is 0. The number of hydrogen-bond donors (Lipinski definition) is 0. The molecule has 7 heteroatoms. The normalized spacial score (nSPS) is 17.6. The van der Waals surface area contributed by atoms with Crippen molar-refractivity contribution in [2.45, 2.75) is 38.5 Å². The standard InChI is InChI=1S/C19H21N3O3S/c1-13-20-19(21-25-13)14-4-2-10-22(12-14)18(23)9-7-15-6-8-16(24-15)17-5-3-11-26-17/h3,5-6,8,11,14H,2,4,7,9-10,12H2,1H3/t14-/m1/s1. The van der Waals surface area contributed by atoms with Crippen molar-refractivity contribution < 1.29 is 13.7 Å². The maximum Gasteiger partial charge on any atom is 0.223 e. The number of hydrogen-bond acceptors (Lipinski definition) is 6. The highest BCUT2D eigenvalue weighted by molar-refractivity contribution is 7.13. The summed E-state index contributed by atoms with van der Waals surface area (Å²) in [5, 5.41) is 6.04. The molecule has 0 saturated carbocycles. The van der Waals surface area contributed by atoms with Crippen LogP contribution in [0.4, 0.5) is 0 Å². The number of nitrogens with zero attached hydrogens (tertiary/aromatic N) is 3. The number of carbonyl (C=O) groups is 1.